The molecule has 17 heavy (non-hydrogen) atoms. The lowest BCUT2D eigenvalue weighted by Crippen LogP contribution is -2.02. The number of fused-ring (bicyclic) bond motifs is 1. The van der Waals surface area contributed by atoms with Crippen molar-refractivity contribution in [2.24, 2.45) is 0 Å². The average Bonchev–Trinajstić information content (AvgIpc) is 2.65. The Hall–Kier alpha value is -2.28. The van der Waals surface area contributed by atoms with E-state index in [4.69, 9.17) is 6.42 Å². The van der Waals surface area contributed by atoms with Crippen molar-refractivity contribution in [2.45, 2.75) is 13.5 Å². The van der Waals surface area contributed by atoms with Crippen molar-refractivity contribution in [3.05, 3.63) is 29.5 Å². The van der Waals surface area contributed by atoms with Crippen molar-refractivity contribution in [1.82, 2.24) is 9.78 Å². The van der Waals surface area contributed by atoms with Gasteiger partial charge in [0.1, 0.15) is 6.54 Å². The quantitative estimate of drug-likeness (QED) is 0.581. The third-order valence-corrected chi connectivity index (χ3v) is 2.60. The van der Waals surface area contributed by atoms with Crippen molar-refractivity contribution in [2.75, 3.05) is 7.11 Å². The number of aromatic nitrogens is 2. The molecular weight excluding hydrogens is 216 g/mol. The van der Waals surface area contributed by atoms with E-state index in [9.17, 15) is 4.79 Å². The fourth-order valence-electron chi connectivity index (χ4n) is 1.79. The van der Waals surface area contributed by atoms with Crippen LogP contribution in [0.25, 0.3) is 10.9 Å². The summed E-state index contributed by atoms with van der Waals surface area (Å²) in [4.78, 5) is 11.4. The molecule has 0 N–H and O–H groups in total. The van der Waals surface area contributed by atoms with E-state index >= 15 is 0 Å². The third kappa shape index (κ3) is 1.87. The van der Waals surface area contributed by atoms with Gasteiger partial charge in [0.05, 0.1) is 23.9 Å². The minimum absolute atomic E-state index is 0.363. The van der Waals surface area contributed by atoms with E-state index in [0.29, 0.717) is 12.1 Å². The summed E-state index contributed by atoms with van der Waals surface area (Å²) in [7, 11) is 1.36. The number of benzene rings is 1. The summed E-state index contributed by atoms with van der Waals surface area (Å²) in [5, 5.41) is 5.32. The third-order valence-electron chi connectivity index (χ3n) is 2.60. The summed E-state index contributed by atoms with van der Waals surface area (Å²) in [6.07, 6.45) is 5.28. The van der Waals surface area contributed by atoms with Gasteiger partial charge in [-0.15, -0.1) is 6.42 Å². The number of hydrogen-bond acceptors (Lipinski definition) is 3. The first kappa shape index (κ1) is 11.2. The molecule has 0 aliphatic rings. The highest BCUT2D eigenvalue weighted by molar-refractivity contribution is 5.95. The van der Waals surface area contributed by atoms with Crippen molar-refractivity contribution < 1.29 is 9.53 Å². The van der Waals surface area contributed by atoms with E-state index in [1.807, 2.05) is 13.0 Å². The van der Waals surface area contributed by atoms with Crippen molar-refractivity contribution in [1.29, 1.82) is 0 Å². The van der Waals surface area contributed by atoms with Crippen LogP contribution in [0.4, 0.5) is 0 Å². The van der Waals surface area contributed by atoms with Gasteiger partial charge >= 0.3 is 5.97 Å². The molecule has 0 unspecified atom stereocenters. The Balaban J connectivity index is 2.62. The molecule has 1 heterocycles. The molecule has 0 bridgehead atoms. The second-order valence-corrected chi connectivity index (χ2v) is 3.67. The highest BCUT2D eigenvalue weighted by Gasteiger charge is 2.11. The number of nitrogens with zero attached hydrogens (tertiary/aromatic N) is 2. The maximum Gasteiger partial charge on any atom is 0.337 e. The molecule has 0 radical (unpaired) electrons. The number of esters is 1. The molecule has 0 fully saturated rings. The monoisotopic (exact) mass is 228 g/mol. The Bertz CT molecular complexity index is 620. The van der Waals surface area contributed by atoms with Gasteiger partial charge in [-0.1, -0.05) is 12.0 Å². The van der Waals surface area contributed by atoms with Crippen LogP contribution in [-0.4, -0.2) is 22.9 Å². The number of carbonyl (C=O) groups excluding carboxylic acids is 1. The maximum atomic E-state index is 11.4. The zero-order valence-electron chi connectivity index (χ0n) is 9.73. The van der Waals surface area contributed by atoms with Crippen LogP contribution in [0.15, 0.2) is 18.2 Å². The molecule has 0 saturated carbocycles. The molecule has 1 aromatic heterocycles. The molecule has 0 aliphatic carbocycles. The lowest BCUT2D eigenvalue weighted by atomic mass is 10.1. The number of ether oxygens (including phenoxy) is 1. The second kappa shape index (κ2) is 4.30. The Morgan fingerprint density at radius 1 is 1.59 bits per heavy atom. The van der Waals surface area contributed by atoms with Crippen molar-refractivity contribution in [3.8, 4) is 12.3 Å². The maximum absolute atomic E-state index is 11.4. The highest BCUT2D eigenvalue weighted by atomic mass is 16.5. The number of carbonyl (C=O) groups is 1. The molecule has 2 aromatic rings. The van der Waals surface area contributed by atoms with E-state index in [1.165, 1.54) is 7.11 Å². The van der Waals surface area contributed by atoms with Crippen LogP contribution in [0.5, 0.6) is 0 Å². The minimum atomic E-state index is -0.363. The van der Waals surface area contributed by atoms with Crippen LogP contribution < -0.4 is 0 Å². The molecule has 4 nitrogen and oxygen atoms in total. The van der Waals surface area contributed by atoms with Crippen LogP contribution >= 0.6 is 0 Å². The summed E-state index contributed by atoms with van der Waals surface area (Å²) in [5.41, 5.74) is 2.24. The second-order valence-electron chi connectivity index (χ2n) is 3.67. The number of hydrogen-bond donors (Lipinski definition) is 0. The van der Waals surface area contributed by atoms with Crippen molar-refractivity contribution in [3.63, 3.8) is 0 Å². The van der Waals surface area contributed by atoms with Crippen molar-refractivity contribution >= 4 is 16.9 Å². The largest absolute Gasteiger partial charge is 0.465 e. The zero-order chi connectivity index (χ0) is 12.4. The number of aryl methyl sites for hydroxylation is 1. The normalized spacial score (nSPS) is 10.2. The summed E-state index contributed by atoms with van der Waals surface area (Å²) >= 11 is 0. The van der Waals surface area contributed by atoms with Crippen LogP contribution in [-0.2, 0) is 11.3 Å². The van der Waals surface area contributed by atoms with Crippen LogP contribution in [0, 0.1) is 19.3 Å². The molecule has 86 valence electrons. The van der Waals surface area contributed by atoms with Crippen LogP contribution in [0.3, 0.4) is 0 Å². The SMILES string of the molecule is C#CCn1nc(C)c2ccc(C(=O)OC)cc21. The molecule has 0 atom stereocenters. The van der Waals surface area contributed by atoms with Gasteiger partial charge in [-0.25, -0.2) is 4.79 Å². The van der Waals surface area contributed by atoms with Gasteiger partial charge in [0.15, 0.2) is 0 Å². The topological polar surface area (TPSA) is 44.1 Å². The Kier molecular flexibility index (Phi) is 2.84. The minimum Gasteiger partial charge on any atom is -0.465 e. The summed E-state index contributed by atoms with van der Waals surface area (Å²) < 4.78 is 6.39. The Morgan fingerprint density at radius 2 is 2.35 bits per heavy atom. The Morgan fingerprint density at radius 3 is 3.00 bits per heavy atom. The lowest BCUT2D eigenvalue weighted by molar-refractivity contribution is 0.0601. The molecule has 0 amide bonds. The van der Waals surface area contributed by atoms with E-state index in [2.05, 4.69) is 15.8 Å². The fraction of sp³-hybridized carbons (Fsp3) is 0.231. The van der Waals surface area contributed by atoms with Crippen LogP contribution in [0.2, 0.25) is 0 Å². The van der Waals surface area contributed by atoms with Gasteiger partial charge in [-0.05, 0) is 19.1 Å². The molecule has 0 aliphatic heterocycles. The molecule has 0 saturated heterocycles. The van der Waals surface area contributed by atoms with E-state index < -0.39 is 0 Å². The Labute approximate surface area is 99.2 Å². The first-order valence-corrected chi connectivity index (χ1v) is 5.16. The summed E-state index contributed by atoms with van der Waals surface area (Å²) in [5.74, 6) is 2.17. The predicted octanol–water partition coefficient (Wildman–Crippen LogP) is 1.76. The van der Waals surface area contributed by atoms with Gasteiger partial charge in [-0.2, -0.15) is 5.10 Å². The average molecular weight is 228 g/mol. The van der Waals surface area contributed by atoms with Gasteiger partial charge in [0, 0.05) is 5.39 Å². The molecule has 4 heteroatoms. The standard InChI is InChI=1S/C13H12N2O2/c1-4-7-15-12-8-10(13(16)17-3)5-6-11(12)9(2)14-15/h1,5-6,8H,7H2,2-3H3. The van der Waals surface area contributed by atoms with Gasteiger partial charge < -0.3 is 4.74 Å². The fourth-order valence-corrected chi connectivity index (χ4v) is 1.79. The first-order valence-electron chi connectivity index (χ1n) is 5.16. The van der Waals surface area contributed by atoms with Gasteiger partial charge in [0.2, 0.25) is 0 Å². The zero-order valence-corrected chi connectivity index (χ0v) is 9.73. The highest BCUT2D eigenvalue weighted by Crippen LogP contribution is 2.20. The predicted molar refractivity (Wildman–Crippen MR) is 64.6 cm³/mol. The van der Waals surface area contributed by atoms with Gasteiger partial charge in [0.25, 0.3) is 0 Å². The summed E-state index contributed by atoms with van der Waals surface area (Å²) in [6, 6.07) is 5.33. The van der Waals surface area contributed by atoms with Crippen LogP contribution in [0.1, 0.15) is 16.1 Å². The van der Waals surface area contributed by atoms with E-state index in [0.717, 1.165) is 16.6 Å². The van der Waals surface area contributed by atoms with Gasteiger partial charge in [-0.3, -0.25) is 4.68 Å². The summed E-state index contributed by atoms with van der Waals surface area (Å²) in [6.45, 7) is 2.29. The van der Waals surface area contributed by atoms with E-state index in [-0.39, 0.29) is 5.97 Å². The smallest absolute Gasteiger partial charge is 0.337 e. The molecule has 0 spiro atoms. The first-order chi connectivity index (χ1) is 8.17. The van der Waals surface area contributed by atoms with E-state index in [1.54, 1.807) is 16.8 Å². The lowest BCUT2D eigenvalue weighted by Gasteiger charge is -2.01. The number of rotatable bonds is 2. The molecule has 1 aromatic carbocycles. The number of methoxy groups -OCH3 is 1. The molecule has 2 rings (SSSR count). The number of terminal acetylenes is 1. The molecular formula is C13H12N2O2.